The lowest BCUT2D eigenvalue weighted by Gasteiger charge is -2.30. The van der Waals surface area contributed by atoms with E-state index in [1.54, 1.807) is 0 Å². The molecule has 0 saturated heterocycles. The van der Waals surface area contributed by atoms with E-state index in [0.29, 0.717) is 17.6 Å². The molecule has 2 heterocycles. The van der Waals surface area contributed by atoms with Crippen molar-refractivity contribution in [3.63, 3.8) is 0 Å². The van der Waals surface area contributed by atoms with Crippen LogP contribution in [-0.2, 0) is 5.41 Å². The molecule has 0 bridgehead atoms. The number of hydrogen-bond acceptors (Lipinski definition) is 3. The molecule has 12 rings (SSSR count). The first-order chi connectivity index (χ1) is 27.8. The van der Waals surface area contributed by atoms with E-state index in [4.69, 9.17) is 15.0 Å². The SMILES string of the molecule is c1ccc(-c2nc(-c3ccccc3)nc(-n3c4ccccc4c4cc(-c5cccc6c5-c5ccccc5C65c6ccccc6-c6ccccc65)ccc43)n2)cc1. The quantitative estimate of drug-likeness (QED) is 0.182. The molecule has 0 N–H and O–H groups in total. The maximum Gasteiger partial charge on any atom is 0.238 e. The number of benzene rings is 8. The summed E-state index contributed by atoms with van der Waals surface area (Å²) < 4.78 is 2.20. The molecule has 56 heavy (non-hydrogen) atoms. The Bertz CT molecular complexity index is 3090. The van der Waals surface area contributed by atoms with Crippen molar-refractivity contribution >= 4 is 21.8 Å². The summed E-state index contributed by atoms with van der Waals surface area (Å²) in [5.41, 5.74) is 16.6. The first-order valence-electron chi connectivity index (χ1n) is 19.1. The molecule has 4 heteroatoms. The third-order valence-corrected chi connectivity index (χ3v) is 11.9. The zero-order chi connectivity index (χ0) is 36.8. The van der Waals surface area contributed by atoms with E-state index in [1.807, 2.05) is 36.4 Å². The monoisotopic (exact) mass is 712 g/mol. The maximum absolute atomic E-state index is 5.14. The number of para-hydroxylation sites is 1. The van der Waals surface area contributed by atoms with Crippen LogP contribution in [0.3, 0.4) is 0 Å². The van der Waals surface area contributed by atoms with Gasteiger partial charge in [-0.15, -0.1) is 0 Å². The van der Waals surface area contributed by atoms with Crippen LogP contribution in [0, 0.1) is 0 Å². The second-order valence-electron chi connectivity index (χ2n) is 14.7. The highest BCUT2D eigenvalue weighted by molar-refractivity contribution is 6.11. The van der Waals surface area contributed by atoms with E-state index in [1.165, 1.54) is 55.6 Å². The van der Waals surface area contributed by atoms with E-state index in [-0.39, 0.29) is 5.41 Å². The maximum atomic E-state index is 5.14. The molecule has 0 atom stereocenters. The third kappa shape index (κ3) is 4.21. The first kappa shape index (κ1) is 31.0. The predicted octanol–water partition coefficient (Wildman–Crippen LogP) is 12.3. The van der Waals surface area contributed by atoms with Gasteiger partial charge in [0.2, 0.25) is 5.95 Å². The van der Waals surface area contributed by atoms with Crippen LogP contribution in [0.4, 0.5) is 0 Å². The highest BCUT2D eigenvalue weighted by Crippen LogP contribution is 2.64. The Morgan fingerprint density at radius 3 is 1.50 bits per heavy atom. The first-order valence-corrected chi connectivity index (χ1v) is 19.1. The number of rotatable bonds is 4. The zero-order valence-electron chi connectivity index (χ0n) is 30.3. The topological polar surface area (TPSA) is 43.6 Å². The Morgan fingerprint density at radius 1 is 0.339 bits per heavy atom. The molecule has 0 aliphatic heterocycles. The Labute approximate surface area is 324 Å². The molecule has 4 nitrogen and oxygen atoms in total. The summed E-state index contributed by atoms with van der Waals surface area (Å²) in [6, 6.07) is 69.7. The molecule has 0 saturated carbocycles. The second kappa shape index (κ2) is 11.8. The van der Waals surface area contributed by atoms with E-state index in [2.05, 4.69) is 162 Å². The lowest BCUT2D eigenvalue weighted by Crippen LogP contribution is -2.25. The van der Waals surface area contributed by atoms with Gasteiger partial charge in [-0.25, -0.2) is 4.98 Å². The van der Waals surface area contributed by atoms with Gasteiger partial charge in [-0.1, -0.05) is 176 Å². The Balaban J connectivity index is 1.10. The molecule has 2 aromatic heterocycles. The second-order valence-corrected chi connectivity index (χ2v) is 14.7. The summed E-state index contributed by atoms with van der Waals surface area (Å²) in [4.78, 5) is 15.3. The van der Waals surface area contributed by atoms with Crippen LogP contribution in [0.2, 0.25) is 0 Å². The summed E-state index contributed by atoms with van der Waals surface area (Å²) in [7, 11) is 0. The summed E-state index contributed by atoms with van der Waals surface area (Å²) in [5, 5.41) is 2.30. The zero-order valence-corrected chi connectivity index (χ0v) is 30.3. The highest BCUT2D eigenvalue weighted by Gasteiger charge is 2.51. The smallest absolute Gasteiger partial charge is 0.238 e. The average Bonchev–Trinajstić information content (AvgIpc) is 3.89. The lowest BCUT2D eigenvalue weighted by molar-refractivity contribution is 0.794. The van der Waals surface area contributed by atoms with Crippen LogP contribution in [-0.4, -0.2) is 19.5 Å². The minimum Gasteiger partial charge on any atom is -0.278 e. The minimum absolute atomic E-state index is 0.388. The van der Waals surface area contributed by atoms with Crippen LogP contribution in [0.25, 0.3) is 83.9 Å². The largest absolute Gasteiger partial charge is 0.278 e. The van der Waals surface area contributed by atoms with Gasteiger partial charge >= 0.3 is 0 Å². The molecule has 10 aromatic rings. The van der Waals surface area contributed by atoms with Crippen molar-refractivity contribution in [3.8, 4) is 62.1 Å². The molecule has 2 aliphatic carbocycles. The number of nitrogens with zero attached hydrogens (tertiary/aromatic N) is 4. The fraction of sp³-hybridized carbons (Fsp3) is 0.0192. The van der Waals surface area contributed by atoms with Gasteiger partial charge in [0.05, 0.1) is 16.4 Å². The molecular formula is C52H32N4. The van der Waals surface area contributed by atoms with Gasteiger partial charge < -0.3 is 0 Å². The summed E-state index contributed by atoms with van der Waals surface area (Å²) in [6.45, 7) is 0. The van der Waals surface area contributed by atoms with Crippen LogP contribution in [0.5, 0.6) is 0 Å². The molecule has 2 aliphatic rings. The van der Waals surface area contributed by atoms with Crippen molar-refractivity contribution in [1.29, 1.82) is 0 Å². The Kier molecular flexibility index (Phi) is 6.52. The summed E-state index contributed by atoms with van der Waals surface area (Å²) in [5.74, 6) is 1.87. The predicted molar refractivity (Wildman–Crippen MR) is 227 cm³/mol. The summed E-state index contributed by atoms with van der Waals surface area (Å²) >= 11 is 0. The lowest BCUT2D eigenvalue weighted by atomic mass is 9.70. The standard InChI is InChI=1S/C52H32N4/c1-3-16-33(17-4-1)49-53-50(34-18-5-2-6-19-34)55-51(54-49)56-46-29-14-10-22-39(46)41-32-35(30-31-47(41)56)36-24-15-28-45-48(36)40-23-9-13-27-44(40)52(45)42-25-11-7-20-37(42)38-21-8-12-26-43(38)52/h1-32H. The van der Waals surface area contributed by atoms with Crippen LogP contribution >= 0.6 is 0 Å². The molecule has 0 radical (unpaired) electrons. The normalized spacial score (nSPS) is 13.1. The number of fused-ring (bicyclic) bond motifs is 13. The van der Waals surface area contributed by atoms with Crippen molar-refractivity contribution in [2.45, 2.75) is 5.41 Å². The van der Waals surface area contributed by atoms with Crippen molar-refractivity contribution < 1.29 is 0 Å². The van der Waals surface area contributed by atoms with Crippen LogP contribution < -0.4 is 0 Å². The van der Waals surface area contributed by atoms with Gasteiger partial charge in [0.1, 0.15) is 0 Å². The average molecular weight is 713 g/mol. The molecule has 1 spiro atoms. The highest BCUT2D eigenvalue weighted by atomic mass is 15.2. The van der Waals surface area contributed by atoms with Crippen molar-refractivity contribution in [3.05, 3.63) is 216 Å². The van der Waals surface area contributed by atoms with Gasteiger partial charge in [-0.05, 0) is 73.8 Å². The van der Waals surface area contributed by atoms with Crippen molar-refractivity contribution in [2.75, 3.05) is 0 Å². The van der Waals surface area contributed by atoms with Gasteiger partial charge in [0.15, 0.2) is 11.6 Å². The molecule has 260 valence electrons. The Hall–Kier alpha value is -7.43. The van der Waals surface area contributed by atoms with E-state index < -0.39 is 0 Å². The van der Waals surface area contributed by atoms with Gasteiger partial charge in [0, 0.05) is 21.9 Å². The molecule has 0 fully saturated rings. The Morgan fingerprint density at radius 2 is 0.839 bits per heavy atom. The third-order valence-electron chi connectivity index (χ3n) is 11.9. The molecule has 0 unspecified atom stereocenters. The van der Waals surface area contributed by atoms with Crippen molar-refractivity contribution in [2.24, 2.45) is 0 Å². The van der Waals surface area contributed by atoms with Gasteiger partial charge in [-0.2, -0.15) is 9.97 Å². The van der Waals surface area contributed by atoms with Gasteiger partial charge in [0.25, 0.3) is 0 Å². The molecule has 0 amide bonds. The van der Waals surface area contributed by atoms with Crippen LogP contribution in [0.15, 0.2) is 194 Å². The van der Waals surface area contributed by atoms with Crippen molar-refractivity contribution in [1.82, 2.24) is 19.5 Å². The molecular weight excluding hydrogens is 681 g/mol. The minimum atomic E-state index is -0.388. The summed E-state index contributed by atoms with van der Waals surface area (Å²) in [6.07, 6.45) is 0. The number of aromatic nitrogens is 4. The number of hydrogen-bond donors (Lipinski definition) is 0. The van der Waals surface area contributed by atoms with Crippen LogP contribution in [0.1, 0.15) is 22.3 Å². The van der Waals surface area contributed by atoms with E-state index in [0.717, 1.165) is 32.9 Å². The fourth-order valence-electron chi connectivity index (χ4n) is 9.64. The fourth-order valence-corrected chi connectivity index (χ4v) is 9.64. The van der Waals surface area contributed by atoms with E-state index >= 15 is 0 Å². The van der Waals surface area contributed by atoms with E-state index in [9.17, 15) is 0 Å². The van der Waals surface area contributed by atoms with Gasteiger partial charge in [-0.3, -0.25) is 4.57 Å². The molecule has 8 aromatic carbocycles.